The molecule has 0 bridgehead atoms. The summed E-state index contributed by atoms with van der Waals surface area (Å²) in [7, 11) is 1.53. The highest BCUT2D eigenvalue weighted by atomic mass is 19.1. The smallest absolute Gasteiger partial charge is 0.338 e. The lowest BCUT2D eigenvalue weighted by Gasteiger charge is -2.06. The Labute approximate surface area is 86.2 Å². The van der Waals surface area contributed by atoms with Crippen molar-refractivity contribution in [2.75, 3.05) is 20.3 Å². The van der Waals surface area contributed by atoms with Crippen molar-refractivity contribution in [1.29, 1.82) is 0 Å². The SMILES string of the molecule is COCCOc1ccc(C(=O)O)c(F)c1. The molecule has 82 valence electrons. The maximum atomic E-state index is 13.1. The van der Waals surface area contributed by atoms with Crippen LogP contribution in [0.2, 0.25) is 0 Å². The van der Waals surface area contributed by atoms with Gasteiger partial charge in [-0.1, -0.05) is 0 Å². The maximum Gasteiger partial charge on any atom is 0.338 e. The first kappa shape index (κ1) is 11.5. The molecule has 0 spiro atoms. The summed E-state index contributed by atoms with van der Waals surface area (Å²) in [5.74, 6) is -1.82. The topological polar surface area (TPSA) is 55.8 Å². The van der Waals surface area contributed by atoms with E-state index in [1.807, 2.05) is 0 Å². The lowest BCUT2D eigenvalue weighted by molar-refractivity contribution is 0.0691. The third-order valence-corrected chi connectivity index (χ3v) is 1.73. The molecule has 0 saturated heterocycles. The molecule has 0 unspecified atom stereocenters. The van der Waals surface area contributed by atoms with E-state index in [4.69, 9.17) is 14.6 Å². The Hall–Kier alpha value is -1.62. The Bertz CT molecular complexity index is 351. The number of ether oxygens (including phenoxy) is 2. The van der Waals surface area contributed by atoms with Gasteiger partial charge in [-0.3, -0.25) is 0 Å². The predicted octanol–water partition coefficient (Wildman–Crippen LogP) is 1.55. The zero-order valence-corrected chi connectivity index (χ0v) is 8.20. The van der Waals surface area contributed by atoms with Gasteiger partial charge in [-0.2, -0.15) is 0 Å². The molecule has 0 aliphatic rings. The molecule has 0 atom stereocenters. The van der Waals surface area contributed by atoms with Crippen LogP contribution in [0.25, 0.3) is 0 Å². The molecule has 0 aliphatic heterocycles. The minimum absolute atomic E-state index is 0.287. The molecular weight excluding hydrogens is 203 g/mol. The highest BCUT2D eigenvalue weighted by Crippen LogP contribution is 2.16. The monoisotopic (exact) mass is 214 g/mol. The van der Waals surface area contributed by atoms with Gasteiger partial charge in [0.1, 0.15) is 18.2 Å². The number of halogens is 1. The number of rotatable bonds is 5. The molecule has 5 heteroatoms. The summed E-state index contributed by atoms with van der Waals surface area (Å²) in [6, 6.07) is 3.61. The average molecular weight is 214 g/mol. The highest BCUT2D eigenvalue weighted by Gasteiger charge is 2.10. The molecule has 0 amide bonds. The summed E-state index contributed by atoms with van der Waals surface area (Å²) in [6.45, 7) is 0.685. The van der Waals surface area contributed by atoms with Crippen LogP contribution in [0.4, 0.5) is 4.39 Å². The van der Waals surface area contributed by atoms with Crippen LogP contribution in [-0.2, 0) is 4.74 Å². The van der Waals surface area contributed by atoms with Gasteiger partial charge in [-0.25, -0.2) is 9.18 Å². The lowest BCUT2D eigenvalue weighted by Crippen LogP contribution is -2.05. The van der Waals surface area contributed by atoms with Crippen molar-refractivity contribution < 1.29 is 23.8 Å². The van der Waals surface area contributed by atoms with Gasteiger partial charge >= 0.3 is 5.97 Å². The van der Waals surface area contributed by atoms with E-state index in [1.165, 1.54) is 19.2 Å². The van der Waals surface area contributed by atoms with Crippen molar-refractivity contribution in [2.24, 2.45) is 0 Å². The van der Waals surface area contributed by atoms with Crippen LogP contribution in [0.15, 0.2) is 18.2 Å². The predicted molar refractivity (Wildman–Crippen MR) is 50.7 cm³/mol. The maximum absolute atomic E-state index is 13.1. The van der Waals surface area contributed by atoms with Crippen molar-refractivity contribution in [1.82, 2.24) is 0 Å². The third-order valence-electron chi connectivity index (χ3n) is 1.73. The van der Waals surface area contributed by atoms with E-state index in [2.05, 4.69) is 0 Å². The second-order valence-electron chi connectivity index (χ2n) is 2.79. The summed E-state index contributed by atoms with van der Waals surface area (Å²) in [5, 5.41) is 8.57. The van der Waals surface area contributed by atoms with E-state index in [0.29, 0.717) is 13.2 Å². The van der Waals surface area contributed by atoms with E-state index in [9.17, 15) is 9.18 Å². The summed E-state index contributed by atoms with van der Waals surface area (Å²) in [5.41, 5.74) is -0.367. The fourth-order valence-electron chi connectivity index (χ4n) is 1.00. The first-order valence-electron chi connectivity index (χ1n) is 4.29. The molecule has 0 aromatic heterocycles. The second kappa shape index (κ2) is 5.31. The molecular formula is C10H11FO4. The Kier molecular flexibility index (Phi) is 4.05. The zero-order chi connectivity index (χ0) is 11.3. The largest absolute Gasteiger partial charge is 0.491 e. The van der Waals surface area contributed by atoms with Gasteiger partial charge in [-0.05, 0) is 12.1 Å². The number of carboxylic acid groups (broad SMARTS) is 1. The molecule has 15 heavy (non-hydrogen) atoms. The van der Waals surface area contributed by atoms with Crippen LogP contribution in [0.1, 0.15) is 10.4 Å². The fourth-order valence-corrected chi connectivity index (χ4v) is 1.00. The molecule has 0 saturated carbocycles. The molecule has 1 aromatic rings. The molecule has 0 radical (unpaired) electrons. The van der Waals surface area contributed by atoms with Crippen molar-refractivity contribution in [3.8, 4) is 5.75 Å². The number of methoxy groups -OCH3 is 1. The normalized spacial score (nSPS) is 10.0. The molecule has 1 N–H and O–H groups in total. The summed E-state index contributed by atoms with van der Waals surface area (Å²) in [4.78, 5) is 10.5. The van der Waals surface area contributed by atoms with Crippen LogP contribution in [-0.4, -0.2) is 31.4 Å². The zero-order valence-electron chi connectivity index (χ0n) is 8.20. The Morgan fingerprint density at radius 3 is 2.73 bits per heavy atom. The van der Waals surface area contributed by atoms with Gasteiger partial charge in [-0.15, -0.1) is 0 Å². The van der Waals surface area contributed by atoms with Crippen LogP contribution in [0.3, 0.4) is 0 Å². The van der Waals surface area contributed by atoms with E-state index in [-0.39, 0.29) is 11.3 Å². The summed E-state index contributed by atoms with van der Waals surface area (Å²) < 4.78 is 23.0. The minimum atomic E-state index is -1.30. The Balaban J connectivity index is 2.69. The number of hydrogen-bond acceptors (Lipinski definition) is 3. The fraction of sp³-hybridized carbons (Fsp3) is 0.300. The molecule has 1 rings (SSSR count). The standard InChI is InChI=1S/C10H11FO4/c1-14-4-5-15-7-2-3-8(10(12)13)9(11)6-7/h2-3,6H,4-5H2,1H3,(H,12,13). The highest BCUT2D eigenvalue weighted by molar-refractivity contribution is 5.88. The number of hydrogen-bond donors (Lipinski definition) is 1. The van der Waals surface area contributed by atoms with E-state index in [0.717, 1.165) is 6.07 Å². The van der Waals surface area contributed by atoms with Crippen molar-refractivity contribution in [3.63, 3.8) is 0 Å². The molecule has 0 heterocycles. The van der Waals surface area contributed by atoms with E-state index >= 15 is 0 Å². The second-order valence-corrected chi connectivity index (χ2v) is 2.79. The summed E-state index contributed by atoms with van der Waals surface area (Å²) in [6.07, 6.45) is 0. The quantitative estimate of drug-likeness (QED) is 0.755. The van der Waals surface area contributed by atoms with Gasteiger partial charge in [0.2, 0.25) is 0 Å². The average Bonchev–Trinajstić information content (AvgIpc) is 2.17. The first-order chi connectivity index (χ1) is 7.15. The van der Waals surface area contributed by atoms with Gasteiger partial charge in [0.15, 0.2) is 0 Å². The van der Waals surface area contributed by atoms with Crippen LogP contribution in [0.5, 0.6) is 5.75 Å². The molecule has 1 aromatic carbocycles. The summed E-state index contributed by atoms with van der Waals surface area (Å²) >= 11 is 0. The number of aromatic carboxylic acids is 1. The van der Waals surface area contributed by atoms with E-state index < -0.39 is 11.8 Å². The molecule has 0 fully saturated rings. The van der Waals surface area contributed by atoms with Crippen molar-refractivity contribution >= 4 is 5.97 Å². The minimum Gasteiger partial charge on any atom is -0.491 e. The van der Waals surface area contributed by atoms with E-state index in [1.54, 1.807) is 0 Å². The number of carbonyl (C=O) groups is 1. The van der Waals surface area contributed by atoms with Gasteiger partial charge in [0, 0.05) is 13.2 Å². The molecule has 0 aliphatic carbocycles. The number of benzene rings is 1. The van der Waals surface area contributed by atoms with Crippen LogP contribution in [0, 0.1) is 5.82 Å². The van der Waals surface area contributed by atoms with Crippen LogP contribution >= 0.6 is 0 Å². The lowest BCUT2D eigenvalue weighted by atomic mass is 10.2. The number of carboxylic acids is 1. The van der Waals surface area contributed by atoms with Crippen molar-refractivity contribution in [3.05, 3.63) is 29.6 Å². The molecule has 4 nitrogen and oxygen atoms in total. The van der Waals surface area contributed by atoms with Crippen molar-refractivity contribution in [2.45, 2.75) is 0 Å². The van der Waals surface area contributed by atoms with Gasteiger partial charge in [0.05, 0.1) is 12.2 Å². The van der Waals surface area contributed by atoms with Gasteiger partial charge in [0.25, 0.3) is 0 Å². The first-order valence-corrected chi connectivity index (χ1v) is 4.29. The Morgan fingerprint density at radius 1 is 1.47 bits per heavy atom. The van der Waals surface area contributed by atoms with Crippen LogP contribution < -0.4 is 4.74 Å². The Morgan fingerprint density at radius 2 is 2.20 bits per heavy atom. The third kappa shape index (κ3) is 3.21. The van der Waals surface area contributed by atoms with Gasteiger partial charge < -0.3 is 14.6 Å².